The van der Waals surface area contributed by atoms with Gasteiger partial charge < -0.3 is 0 Å². The largest absolute Gasteiger partial charge is 0.240 e. The first-order valence-electron chi connectivity index (χ1n) is 7.27. The highest BCUT2D eigenvalue weighted by atomic mass is 32.2. The zero-order valence-corrected chi connectivity index (χ0v) is 14.8. The SMILES string of the molecule is Cc1ccc(CSCCNS(=O)(=O)c2ccc(F)cc2C)cc1. The average Bonchev–Trinajstić information content (AvgIpc) is 2.48. The average molecular weight is 353 g/mol. The van der Waals surface area contributed by atoms with Crippen LogP contribution in [0.25, 0.3) is 0 Å². The third-order valence-electron chi connectivity index (χ3n) is 3.35. The molecule has 0 aromatic heterocycles. The van der Waals surface area contributed by atoms with E-state index in [0.717, 1.165) is 11.8 Å². The summed E-state index contributed by atoms with van der Waals surface area (Å²) in [6.45, 7) is 3.97. The minimum atomic E-state index is -3.59. The molecule has 2 rings (SSSR count). The maximum atomic E-state index is 13.1. The summed E-state index contributed by atoms with van der Waals surface area (Å²) in [5.74, 6) is 1.08. The highest BCUT2D eigenvalue weighted by Crippen LogP contribution is 2.16. The van der Waals surface area contributed by atoms with Crippen LogP contribution < -0.4 is 4.72 Å². The van der Waals surface area contributed by atoms with Crippen LogP contribution in [0, 0.1) is 19.7 Å². The van der Waals surface area contributed by atoms with Crippen LogP contribution in [-0.4, -0.2) is 20.7 Å². The van der Waals surface area contributed by atoms with E-state index < -0.39 is 15.8 Å². The summed E-state index contributed by atoms with van der Waals surface area (Å²) < 4.78 is 40.0. The Bertz CT molecular complexity index is 759. The van der Waals surface area contributed by atoms with Crippen molar-refractivity contribution in [1.82, 2.24) is 4.72 Å². The first-order chi connectivity index (χ1) is 10.9. The van der Waals surface area contributed by atoms with Gasteiger partial charge in [-0.2, -0.15) is 11.8 Å². The quantitative estimate of drug-likeness (QED) is 0.773. The zero-order valence-electron chi connectivity index (χ0n) is 13.2. The van der Waals surface area contributed by atoms with Gasteiger partial charge in [-0.15, -0.1) is 0 Å². The predicted octanol–water partition coefficient (Wildman–Crippen LogP) is 3.65. The van der Waals surface area contributed by atoms with Gasteiger partial charge in [-0.05, 0) is 43.2 Å². The fraction of sp³-hybridized carbons (Fsp3) is 0.294. The molecule has 0 saturated carbocycles. The molecule has 0 unspecified atom stereocenters. The molecule has 0 radical (unpaired) electrons. The van der Waals surface area contributed by atoms with Crippen LogP contribution in [0.5, 0.6) is 0 Å². The van der Waals surface area contributed by atoms with Gasteiger partial charge in [-0.25, -0.2) is 17.5 Å². The number of aryl methyl sites for hydroxylation is 2. The number of sulfonamides is 1. The molecule has 0 saturated heterocycles. The molecule has 6 heteroatoms. The molecule has 0 amide bonds. The topological polar surface area (TPSA) is 46.2 Å². The van der Waals surface area contributed by atoms with Crippen molar-refractivity contribution >= 4 is 21.8 Å². The summed E-state index contributed by atoms with van der Waals surface area (Å²) in [5.41, 5.74) is 2.85. The van der Waals surface area contributed by atoms with Crippen molar-refractivity contribution in [1.29, 1.82) is 0 Å². The van der Waals surface area contributed by atoms with Gasteiger partial charge in [0.25, 0.3) is 0 Å². The predicted molar refractivity (Wildman–Crippen MR) is 93.7 cm³/mol. The van der Waals surface area contributed by atoms with Crippen molar-refractivity contribution in [3.63, 3.8) is 0 Å². The standard InChI is InChI=1S/C17H20FNO2S2/c1-13-3-5-15(6-4-13)12-22-10-9-19-23(20,21)17-8-7-16(18)11-14(17)2/h3-8,11,19H,9-10,12H2,1-2H3. The van der Waals surface area contributed by atoms with Gasteiger partial charge in [0.1, 0.15) is 5.82 Å². The molecule has 2 aromatic carbocycles. The van der Waals surface area contributed by atoms with Crippen LogP contribution in [0.3, 0.4) is 0 Å². The lowest BCUT2D eigenvalue weighted by Gasteiger charge is -2.09. The summed E-state index contributed by atoms with van der Waals surface area (Å²) in [6.07, 6.45) is 0. The lowest BCUT2D eigenvalue weighted by Crippen LogP contribution is -2.26. The first kappa shape index (κ1) is 18.0. The normalized spacial score (nSPS) is 11.6. The summed E-state index contributed by atoms with van der Waals surface area (Å²) in [5, 5.41) is 0. The van der Waals surface area contributed by atoms with Crippen molar-refractivity contribution in [2.24, 2.45) is 0 Å². The molecule has 23 heavy (non-hydrogen) atoms. The highest BCUT2D eigenvalue weighted by molar-refractivity contribution is 7.98. The summed E-state index contributed by atoms with van der Waals surface area (Å²) in [6, 6.07) is 12.0. The molecular weight excluding hydrogens is 333 g/mol. The van der Waals surface area contributed by atoms with Crippen molar-refractivity contribution in [3.05, 3.63) is 65.0 Å². The number of rotatable bonds is 7. The fourth-order valence-electron chi connectivity index (χ4n) is 2.11. The highest BCUT2D eigenvalue weighted by Gasteiger charge is 2.16. The Labute approximate surface area is 141 Å². The zero-order chi connectivity index (χ0) is 16.9. The molecule has 0 aliphatic carbocycles. The molecule has 0 atom stereocenters. The smallest absolute Gasteiger partial charge is 0.210 e. The Hall–Kier alpha value is -1.37. The molecule has 0 aliphatic heterocycles. The van der Waals surface area contributed by atoms with E-state index in [-0.39, 0.29) is 4.90 Å². The maximum Gasteiger partial charge on any atom is 0.240 e. The van der Waals surface area contributed by atoms with Crippen molar-refractivity contribution in [3.8, 4) is 0 Å². The van der Waals surface area contributed by atoms with Crippen LogP contribution in [0.15, 0.2) is 47.4 Å². The second-order valence-corrected chi connectivity index (χ2v) is 8.19. The number of benzene rings is 2. The molecule has 0 bridgehead atoms. The Morgan fingerprint density at radius 3 is 2.43 bits per heavy atom. The van der Waals surface area contributed by atoms with Crippen LogP contribution >= 0.6 is 11.8 Å². The van der Waals surface area contributed by atoms with Gasteiger partial charge in [0.15, 0.2) is 0 Å². The first-order valence-corrected chi connectivity index (χ1v) is 9.91. The molecule has 0 heterocycles. The third-order valence-corrected chi connectivity index (χ3v) is 6.01. The van der Waals surface area contributed by atoms with Gasteiger partial charge in [0, 0.05) is 18.1 Å². The van der Waals surface area contributed by atoms with E-state index in [4.69, 9.17) is 0 Å². The lowest BCUT2D eigenvalue weighted by atomic mass is 10.2. The Morgan fingerprint density at radius 1 is 1.09 bits per heavy atom. The van der Waals surface area contributed by atoms with Crippen LogP contribution in [-0.2, 0) is 15.8 Å². The molecule has 0 fully saturated rings. The minimum absolute atomic E-state index is 0.127. The number of hydrogen-bond donors (Lipinski definition) is 1. The number of hydrogen-bond acceptors (Lipinski definition) is 3. The van der Waals surface area contributed by atoms with Gasteiger partial charge in [0.2, 0.25) is 10.0 Å². The second kappa shape index (κ2) is 7.95. The van der Waals surface area contributed by atoms with E-state index in [2.05, 4.69) is 29.0 Å². The van der Waals surface area contributed by atoms with Crippen molar-refractivity contribution in [2.75, 3.05) is 12.3 Å². The molecule has 3 nitrogen and oxygen atoms in total. The number of halogens is 1. The maximum absolute atomic E-state index is 13.1. The Kier molecular flexibility index (Phi) is 6.21. The lowest BCUT2D eigenvalue weighted by molar-refractivity contribution is 0.582. The van der Waals surface area contributed by atoms with E-state index in [1.807, 2.05) is 6.92 Å². The summed E-state index contributed by atoms with van der Waals surface area (Å²) in [4.78, 5) is 0.127. The van der Waals surface area contributed by atoms with Crippen LogP contribution in [0.2, 0.25) is 0 Å². The monoisotopic (exact) mass is 353 g/mol. The number of nitrogens with one attached hydrogen (secondary N) is 1. The summed E-state index contributed by atoms with van der Waals surface area (Å²) >= 11 is 1.67. The van der Waals surface area contributed by atoms with E-state index in [1.54, 1.807) is 18.7 Å². The van der Waals surface area contributed by atoms with Gasteiger partial charge in [-0.3, -0.25) is 0 Å². The number of thioether (sulfide) groups is 1. The van der Waals surface area contributed by atoms with Crippen molar-refractivity contribution in [2.45, 2.75) is 24.5 Å². The fourth-order valence-corrected chi connectivity index (χ4v) is 4.32. The molecule has 2 aromatic rings. The molecule has 0 spiro atoms. The Morgan fingerprint density at radius 2 is 1.78 bits per heavy atom. The van der Waals surface area contributed by atoms with E-state index in [9.17, 15) is 12.8 Å². The minimum Gasteiger partial charge on any atom is -0.210 e. The Balaban J connectivity index is 1.82. The van der Waals surface area contributed by atoms with E-state index in [0.29, 0.717) is 17.9 Å². The summed E-state index contributed by atoms with van der Waals surface area (Å²) in [7, 11) is -3.59. The van der Waals surface area contributed by atoms with Crippen LogP contribution in [0.1, 0.15) is 16.7 Å². The molecular formula is C17H20FNO2S2. The van der Waals surface area contributed by atoms with Crippen molar-refractivity contribution < 1.29 is 12.8 Å². The molecule has 0 aliphatic rings. The molecule has 1 N–H and O–H groups in total. The van der Waals surface area contributed by atoms with E-state index >= 15 is 0 Å². The van der Waals surface area contributed by atoms with E-state index in [1.165, 1.54) is 23.3 Å². The molecule has 124 valence electrons. The van der Waals surface area contributed by atoms with Gasteiger partial charge >= 0.3 is 0 Å². The van der Waals surface area contributed by atoms with Gasteiger partial charge in [0.05, 0.1) is 4.90 Å². The third kappa shape index (κ3) is 5.34. The second-order valence-electron chi connectivity index (χ2n) is 5.35. The van der Waals surface area contributed by atoms with Gasteiger partial charge in [-0.1, -0.05) is 29.8 Å². The van der Waals surface area contributed by atoms with Crippen LogP contribution in [0.4, 0.5) is 4.39 Å².